The second kappa shape index (κ2) is 7.38. The number of halogens is 1. The molecule has 1 aromatic carbocycles. The van der Waals surface area contributed by atoms with Crippen molar-refractivity contribution in [1.29, 1.82) is 0 Å². The Balaban J connectivity index is 1.94. The van der Waals surface area contributed by atoms with Gasteiger partial charge in [0.2, 0.25) is 0 Å². The van der Waals surface area contributed by atoms with Gasteiger partial charge < -0.3 is 10.7 Å². The maximum atomic E-state index is 13.3. The van der Waals surface area contributed by atoms with Crippen LogP contribution in [0.5, 0.6) is 0 Å². The van der Waals surface area contributed by atoms with Crippen LogP contribution in [0.25, 0.3) is 22.7 Å². The second-order valence-electron chi connectivity index (χ2n) is 6.83. The molecule has 0 radical (unpaired) electrons. The predicted molar refractivity (Wildman–Crippen MR) is 111 cm³/mol. The number of benzene rings is 1. The average molecular weight is 391 g/mol. The van der Waals surface area contributed by atoms with Crippen molar-refractivity contribution >= 4 is 11.5 Å². The van der Waals surface area contributed by atoms with Crippen LogP contribution in [-0.2, 0) is 6.42 Å². The smallest absolute Gasteiger partial charge is 0.157 e. The number of nitrogen functional groups attached to an aromatic ring is 1. The summed E-state index contributed by atoms with van der Waals surface area (Å²) < 4.78 is 16.8. The lowest BCUT2D eigenvalue weighted by Gasteiger charge is -2.02. The van der Waals surface area contributed by atoms with E-state index in [9.17, 15) is 4.39 Å². The standard InChI is InChI=1S/C21H22FN7/c1-4-17-20(15-5-7-16(22)8-6-15)27-28-10-9-24-19(12-18(23)25-21(17)28)29-14(3)11-13(2)26-29/h5-12,25H,4,23H2,1-3H3. The molecule has 0 spiro atoms. The van der Waals surface area contributed by atoms with Gasteiger partial charge >= 0.3 is 0 Å². The van der Waals surface area contributed by atoms with Crippen LogP contribution in [0.15, 0.2) is 48.8 Å². The highest BCUT2D eigenvalue weighted by Gasteiger charge is 2.13. The number of aromatic amines is 1. The van der Waals surface area contributed by atoms with E-state index in [1.807, 2.05) is 26.8 Å². The van der Waals surface area contributed by atoms with Crippen molar-refractivity contribution in [3.05, 3.63) is 71.6 Å². The molecule has 0 aliphatic carbocycles. The highest BCUT2D eigenvalue weighted by atomic mass is 19.1. The first-order valence-corrected chi connectivity index (χ1v) is 9.36. The normalized spacial score (nSPS) is 11.0. The third kappa shape index (κ3) is 3.56. The highest BCUT2D eigenvalue weighted by molar-refractivity contribution is 5.70. The number of aryl methyl sites for hydroxylation is 3. The van der Waals surface area contributed by atoms with Gasteiger partial charge in [-0.05, 0) is 50.6 Å². The Kier molecular flexibility index (Phi) is 4.75. The number of nitrogens with one attached hydrogen (secondary N) is 1. The van der Waals surface area contributed by atoms with Crippen molar-refractivity contribution in [2.75, 3.05) is 5.73 Å². The first-order chi connectivity index (χ1) is 14.0. The van der Waals surface area contributed by atoms with Gasteiger partial charge in [0, 0.05) is 35.3 Å². The molecule has 3 aromatic heterocycles. The monoisotopic (exact) mass is 391 g/mol. The molecule has 3 N–H and O–H groups in total. The molecule has 29 heavy (non-hydrogen) atoms. The van der Waals surface area contributed by atoms with Crippen LogP contribution in [0.1, 0.15) is 23.9 Å². The molecule has 0 atom stereocenters. The van der Waals surface area contributed by atoms with Gasteiger partial charge in [-0.3, -0.25) is 0 Å². The Morgan fingerprint density at radius 1 is 1.10 bits per heavy atom. The Hall–Kier alpha value is -3.68. The van der Waals surface area contributed by atoms with E-state index in [0.717, 1.165) is 40.3 Å². The molecule has 0 aliphatic heterocycles. The van der Waals surface area contributed by atoms with Crippen molar-refractivity contribution in [2.24, 2.45) is 0 Å². The molecular weight excluding hydrogens is 369 g/mol. The number of hydrogen-bond donors (Lipinski definition) is 2. The summed E-state index contributed by atoms with van der Waals surface area (Å²) in [6.07, 6.45) is 4.14. The number of fused-ring (bicyclic) bond motifs is 1. The van der Waals surface area contributed by atoms with E-state index in [-0.39, 0.29) is 5.82 Å². The molecule has 4 rings (SSSR count). The molecule has 0 fully saturated rings. The van der Waals surface area contributed by atoms with Gasteiger partial charge in [-0.2, -0.15) is 10.2 Å². The van der Waals surface area contributed by atoms with Gasteiger partial charge in [0.15, 0.2) is 5.82 Å². The number of aromatic nitrogens is 6. The van der Waals surface area contributed by atoms with E-state index in [2.05, 4.69) is 20.2 Å². The lowest BCUT2D eigenvalue weighted by atomic mass is 10.1. The molecule has 148 valence electrons. The summed E-state index contributed by atoms with van der Waals surface area (Å²) in [5, 5.41) is 9.16. The van der Waals surface area contributed by atoms with E-state index in [1.165, 1.54) is 12.1 Å². The number of anilines is 1. The molecule has 0 saturated heterocycles. The molecule has 4 aromatic rings. The van der Waals surface area contributed by atoms with Crippen LogP contribution in [0, 0.1) is 19.7 Å². The second-order valence-corrected chi connectivity index (χ2v) is 6.83. The molecule has 0 amide bonds. The number of nitrogens with two attached hydrogens (primary N) is 1. The summed E-state index contributed by atoms with van der Waals surface area (Å²) in [6.45, 7) is 5.94. The van der Waals surface area contributed by atoms with Crippen molar-refractivity contribution in [3.8, 4) is 17.1 Å². The number of nitrogens with zero attached hydrogens (tertiary/aromatic N) is 5. The quantitative estimate of drug-likeness (QED) is 0.554. The lowest BCUT2D eigenvalue weighted by Crippen LogP contribution is -2.01. The molecule has 3 heterocycles. The number of rotatable bonds is 3. The number of H-pyrrole nitrogens is 1. The molecule has 0 saturated carbocycles. The van der Waals surface area contributed by atoms with Crippen LogP contribution < -0.4 is 5.73 Å². The van der Waals surface area contributed by atoms with E-state index in [1.54, 1.807) is 39.8 Å². The fraction of sp³-hybridized carbons (Fsp3) is 0.190. The summed E-state index contributed by atoms with van der Waals surface area (Å²) in [7, 11) is 0. The Morgan fingerprint density at radius 3 is 2.52 bits per heavy atom. The molecule has 0 aliphatic rings. The minimum atomic E-state index is -0.280. The minimum absolute atomic E-state index is 0.280. The zero-order valence-corrected chi connectivity index (χ0v) is 16.5. The van der Waals surface area contributed by atoms with E-state index < -0.39 is 0 Å². The Bertz CT molecular complexity index is 1230. The molecule has 0 unspecified atom stereocenters. The third-order valence-corrected chi connectivity index (χ3v) is 4.67. The highest BCUT2D eigenvalue weighted by Crippen LogP contribution is 2.26. The predicted octanol–water partition coefficient (Wildman–Crippen LogP) is 3.94. The Labute approximate surface area is 167 Å². The minimum Gasteiger partial charge on any atom is -0.385 e. The maximum absolute atomic E-state index is 13.3. The SMILES string of the molecule is CCc1c(-c2ccc(F)cc2)nn2ccnc(-n3nc(C)cc3C)cc(N)[nH]c12. The molecular formula is C21H22FN7. The van der Waals surface area contributed by atoms with Crippen LogP contribution in [0.4, 0.5) is 10.2 Å². The van der Waals surface area contributed by atoms with Gasteiger partial charge in [0.1, 0.15) is 17.3 Å². The van der Waals surface area contributed by atoms with Gasteiger partial charge in [-0.15, -0.1) is 0 Å². The molecule has 7 nitrogen and oxygen atoms in total. The first kappa shape index (κ1) is 18.7. The van der Waals surface area contributed by atoms with E-state index in [0.29, 0.717) is 11.6 Å². The van der Waals surface area contributed by atoms with Gasteiger partial charge in [-0.25, -0.2) is 18.6 Å². The van der Waals surface area contributed by atoms with Crippen LogP contribution in [0.2, 0.25) is 0 Å². The van der Waals surface area contributed by atoms with Crippen molar-refractivity contribution in [1.82, 2.24) is 29.4 Å². The Morgan fingerprint density at radius 2 is 1.86 bits per heavy atom. The third-order valence-electron chi connectivity index (χ3n) is 4.67. The molecule has 8 heteroatoms. The summed E-state index contributed by atoms with van der Waals surface area (Å²) >= 11 is 0. The molecule has 0 bridgehead atoms. The van der Waals surface area contributed by atoms with Gasteiger partial charge in [0.05, 0.1) is 11.4 Å². The van der Waals surface area contributed by atoms with Crippen molar-refractivity contribution in [3.63, 3.8) is 0 Å². The summed E-state index contributed by atoms with van der Waals surface area (Å²) in [5.41, 5.74) is 11.5. The van der Waals surface area contributed by atoms with Crippen molar-refractivity contribution < 1.29 is 4.39 Å². The summed E-state index contributed by atoms with van der Waals surface area (Å²) in [5.74, 6) is 0.734. The van der Waals surface area contributed by atoms with Gasteiger partial charge in [0.25, 0.3) is 0 Å². The summed E-state index contributed by atoms with van der Waals surface area (Å²) in [4.78, 5) is 7.76. The van der Waals surface area contributed by atoms with Crippen LogP contribution >= 0.6 is 0 Å². The van der Waals surface area contributed by atoms with Crippen molar-refractivity contribution in [2.45, 2.75) is 27.2 Å². The fourth-order valence-electron chi connectivity index (χ4n) is 3.38. The number of hydrogen-bond acceptors (Lipinski definition) is 4. The van der Waals surface area contributed by atoms with Gasteiger partial charge in [-0.1, -0.05) is 6.92 Å². The first-order valence-electron chi connectivity index (χ1n) is 9.36. The lowest BCUT2D eigenvalue weighted by molar-refractivity contribution is 0.628. The average Bonchev–Trinajstić information content (AvgIpc) is 3.21. The largest absolute Gasteiger partial charge is 0.385 e. The van der Waals surface area contributed by atoms with E-state index >= 15 is 0 Å². The topological polar surface area (TPSA) is 89.8 Å². The summed E-state index contributed by atoms with van der Waals surface area (Å²) in [6, 6.07) is 10.0. The van der Waals surface area contributed by atoms with Crippen LogP contribution in [0.3, 0.4) is 0 Å². The van der Waals surface area contributed by atoms with E-state index in [4.69, 9.17) is 5.73 Å². The maximum Gasteiger partial charge on any atom is 0.157 e. The fourth-order valence-corrected chi connectivity index (χ4v) is 3.38. The zero-order valence-electron chi connectivity index (χ0n) is 16.5. The zero-order chi connectivity index (χ0) is 20.5. The van der Waals surface area contributed by atoms with Crippen LogP contribution in [-0.4, -0.2) is 29.4 Å².